The van der Waals surface area contributed by atoms with Crippen LogP contribution in [0, 0.1) is 0 Å². The Morgan fingerprint density at radius 3 is 2.03 bits per heavy atom. The molecule has 3 aromatic carbocycles. The fourth-order valence-corrected chi connectivity index (χ4v) is 4.59. The van der Waals surface area contributed by atoms with Gasteiger partial charge in [0.25, 0.3) is 11.7 Å². The molecule has 2 amide bonds. The van der Waals surface area contributed by atoms with Crippen molar-refractivity contribution >= 4 is 28.5 Å². The number of Topliss-reactive ketones (excluding diaryl/α,β-unsaturated/α-hetero) is 1. The van der Waals surface area contributed by atoms with Gasteiger partial charge in [-0.2, -0.15) is 0 Å². The predicted molar refractivity (Wildman–Crippen MR) is 137 cm³/mol. The molecule has 0 aliphatic carbocycles. The van der Waals surface area contributed by atoms with E-state index >= 15 is 0 Å². The normalized spacial score (nSPS) is 13.6. The van der Waals surface area contributed by atoms with Gasteiger partial charge in [-0.3, -0.25) is 14.4 Å². The molecule has 0 saturated carbocycles. The van der Waals surface area contributed by atoms with E-state index in [4.69, 9.17) is 4.74 Å². The molecule has 1 saturated heterocycles. The van der Waals surface area contributed by atoms with E-state index in [0.29, 0.717) is 31.7 Å². The maximum Gasteiger partial charge on any atom is 0.293 e. The Morgan fingerprint density at radius 2 is 1.39 bits per heavy atom. The van der Waals surface area contributed by atoms with Crippen LogP contribution in [-0.4, -0.2) is 53.4 Å². The lowest BCUT2D eigenvalue weighted by Gasteiger charge is -2.27. The van der Waals surface area contributed by atoms with Gasteiger partial charge in [0.15, 0.2) is 0 Å². The highest BCUT2D eigenvalue weighted by atomic mass is 16.5. The first-order chi connectivity index (χ1) is 17.6. The van der Waals surface area contributed by atoms with E-state index in [1.54, 1.807) is 21.7 Å². The van der Waals surface area contributed by atoms with Gasteiger partial charge in [0.1, 0.15) is 6.54 Å². The Bertz CT molecular complexity index is 1340. The van der Waals surface area contributed by atoms with Crippen LogP contribution >= 0.6 is 0 Å². The van der Waals surface area contributed by atoms with E-state index in [2.05, 4.69) is 5.32 Å². The van der Waals surface area contributed by atoms with Gasteiger partial charge in [-0.05, 0) is 17.2 Å². The van der Waals surface area contributed by atoms with E-state index in [0.717, 1.165) is 16.6 Å². The van der Waals surface area contributed by atoms with Gasteiger partial charge in [0, 0.05) is 30.2 Å². The van der Waals surface area contributed by atoms with Crippen LogP contribution in [0.2, 0.25) is 0 Å². The molecule has 0 radical (unpaired) electrons. The second kappa shape index (κ2) is 10.6. The number of para-hydroxylation sites is 1. The van der Waals surface area contributed by atoms with Crippen molar-refractivity contribution in [3.05, 3.63) is 108 Å². The Morgan fingerprint density at radius 1 is 0.806 bits per heavy atom. The van der Waals surface area contributed by atoms with Crippen LogP contribution in [0.25, 0.3) is 10.9 Å². The van der Waals surface area contributed by atoms with Crippen LogP contribution < -0.4 is 5.32 Å². The third-order valence-electron chi connectivity index (χ3n) is 6.45. The Balaban J connectivity index is 1.42. The maximum atomic E-state index is 13.4. The lowest BCUT2D eigenvalue weighted by molar-refractivity contribution is -0.135. The second-order valence-electron chi connectivity index (χ2n) is 8.74. The number of ether oxygens (including phenoxy) is 1. The minimum absolute atomic E-state index is 0.0456. The van der Waals surface area contributed by atoms with Crippen LogP contribution in [-0.2, 0) is 20.9 Å². The third-order valence-corrected chi connectivity index (χ3v) is 6.45. The van der Waals surface area contributed by atoms with Crippen LogP contribution in [0.1, 0.15) is 27.5 Å². The third kappa shape index (κ3) is 4.92. The lowest BCUT2D eigenvalue weighted by atomic mass is 9.98. The topological polar surface area (TPSA) is 80.6 Å². The largest absolute Gasteiger partial charge is 0.378 e. The van der Waals surface area contributed by atoms with Crippen molar-refractivity contribution in [2.24, 2.45) is 0 Å². The van der Waals surface area contributed by atoms with Crippen molar-refractivity contribution in [1.29, 1.82) is 0 Å². The molecule has 7 heteroatoms. The summed E-state index contributed by atoms with van der Waals surface area (Å²) in [4.78, 5) is 41.3. The molecule has 0 atom stereocenters. The van der Waals surface area contributed by atoms with Gasteiger partial charge in [0.05, 0.1) is 24.8 Å². The molecule has 4 aromatic rings. The molecule has 5 rings (SSSR count). The number of hydrogen-bond acceptors (Lipinski definition) is 4. The Labute approximate surface area is 209 Å². The first-order valence-corrected chi connectivity index (χ1v) is 12.0. The number of nitrogens with zero attached hydrogens (tertiary/aromatic N) is 2. The van der Waals surface area contributed by atoms with Crippen LogP contribution in [0.3, 0.4) is 0 Å². The highest BCUT2D eigenvalue weighted by molar-refractivity contribution is 6.45. The fraction of sp³-hybridized carbons (Fsp3) is 0.207. The van der Waals surface area contributed by atoms with E-state index in [1.807, 2.05) is 78.9 Å². The lowest BCUT2D eigenvalue weighted by Crippen LogP contribution is -2.42. The molecule has 1 aromatic heterocycles. The Kier molecular flexibility index (Phi) is 6.91. The molecule has 0 unspecified atom stereocenters. The molecule has 0 spiro atoms. The van der Waals surface area contributed by atoms with Crippen molar-refractivity contribution in [3.63, 3.8) is 0 Å². The number of fused-ring (bicyclic) bond motifs is 1. The molecule has 1 fully saturated rings. The summed E-state index contributed by atoms with van der Waals surface area (Å²) in [6.07, 6.45) is 1.62. The summed E-state index contributed by atoms with van der Waals surface area (Å²) < 4.78 is 7.09. The molecule has 1 N–H and O–H groups in total. The number of carbonyl (C=O) groups is 3. The van der Waals surface area contributed by atoms with Crippen molar-refractivity contribution < 1.29 is 19.1 Å². The number of amides is 2. The van der Waals surface area contributed by atoms with Gasteiger partial charge in [-0.15, -0.1) is 0 Å². The number of carbonyl (C=O) groups excluding carboxylic acids is 3. The molecule has 1 aliphatic heterocycles. The maximum absolute atomic E-state index is 13.4. The van der Waals surface area contributed by atoms with Crippen molar-refractivity contribution in [2.45, 2.75) is 12.6 Å². The highest BCUT2D eigenvalue weighted by Gasteiger charge is 2.26. The van der Waals surface area contributed by atoms with Crippen molar-refractivity contribution in [3.8, 4) is 0 Å². The average Bonchev–Trinajstić information content (AvgIpc) is 3.30. The van der Waals surface area contributed by atoms with E-state index in [1.165, 1.54) is 0 Å². The summed E-state index contributed by atoms with van der Waals surface area (Å²) in [6.45, 7) is 2.23. The summed E-state index contributed by atoms with van der Waals surface area (Å²) in [7, 11) is 0. The summed E-state index contributed by atoms with van der Waals surface area (Å²) in [6, 6.07) is 26.0. The molecular formula is C29H27N3O4. The smallest absolute Gasteiger partial charge is 0.293 e. The number of benzene rings is 3. The summed E-state index contributed by atoms with van der Waals surface area (Å²) in [5.74, 6) is -1.38. The molecule has 1 aliphatic rings. The number of rotatable bonds is 7. The van der Waals surface area contributed by atoms with E-state index in [-0.39, 0.29) is 18.0 Å². The SMILES string of the molecule is O=C(NC(c1ccccc1)c1ccccc1)C(=O)c1cn(CC(=O)N2CCOCC2)c2ccccc12. The van der Waals surface area contributed by atoms with Gasteiger partial charge < -0.3 is 19.5 Å². The zero-order chi connectivity index (χ0) is 24.9. The van der Waals surface area contributed by atoms with Gasteiger partial charge >= 0.3 is 0 Å². The number of aromatic nitrogens is 1. The van der Waals surface area contributed by atoms with Crippen molar-refractivity contribution in [1.82, 2.24) is 14.8 Å². The number of ketones is 1. The first kappa shape index (κ1) is 23.5. The minimum atomic E-state index is -0.699. The van der Waals surface area contributed by atoms with E-state index < -0.39 is 17.7 Å². The first-order valence-electron chi connectivity index (χ1n) is 12.0. The van der Waals surface area contributed by atoms with Crippen LogP contribution in [0.15, 0.2) is 91.1 Å². The number of morpholine rings is 1. The van der Waals surface area contributed by atoms with Crippen LogP contribution in [0.4, 0.5) is 0 Å². The molecule has 7 nitrogen and oxygen atoms in total. The van der Waals surface area contributed by atoms with Crippen LogP contribution in [0.5, 0.6) is 0 Å². The van der Waals surface area contributed by atoms with Gasteiger partial charge in [-0.25, -0.2) is 0 Å². The molecule has 36 heavy (non-hydrogen) atoms. The fourth-order valence-electron chi connectivity index (χ4n) is 4.59. The number of hydrogen-bond donors (Lipinski definition) is 1. The molecule has 182 valence electrons. The monoisotopic (exact) mass is 481 g/mol. The number of nitrogens with one attached hydrogen (secondary N) is 1. The zero-order valence-electron chi connectivity index (χ0n) is 19.8. The van der Waals surface area contributed by atoms with Crippen molar-refractivity contribution in [2.75, 3.05) is 26.3 Å². The van der Waals surface area contributed by atoms with Gasteiger partial charge in [-0.1, -0.05) is 78.9 Å². The average molecular weight is 482 g/mol. The predicted octanol–water partition coefficient (Wildman–Crippen LogP) is 3.59. The van der Waals surface area contributed by atoms with Gasteiger partial charge in [0.2, 0.25) is 5.91 Å². The summed E-state index contributed by atoms with van der Waals surface area (Å²) in [5, 5.41) is 3.57. The van der Waals surface area contributed by atoms with E-state index in [9.17, 15) is 14.4 Å². The Hall–Kier alpha value is -4.23. The summed E-state index contributed by atoms with van der Waals surface area (Å²) in [5.41, 5.74) is 2.77. The quantitative estimate of drug-likeness (QED) is 0.323. The zero-order valence-corrected chi connectivity index (χ0v) is 19.8. The molecule has 0 bridgehead atoms. The second-order valence-corrected chi connectivity index (χ2v) is 8.74. The minimum Gasteiger partial charge on any atom is -0.378 e. The summed E-state index contributed by atoms with van der Waals surface area (Å²) >= 11 is 0. The standard InChI is InChI=1S/C29H27N3O4/c33-26(31-15-17-36-18-16-31)20-32-19-24(23-13-7-8-14-25(23)32)28(34)29(35)30-27(21-9-3-1-4-10-21)22-11-5-2-6-12-22/h1-14,19,27H,15-18,20H2,(H,30,35). The molecular weight excluding hydrogens is 454 g/mol. The molecule has 2 heterocycles. The highest BCUT2D eigenvalue weighted by Crippen LogP contribution is 2.25.